The minimum atomic E-state index is -4.55. The number of fused-ring (bicyclic) bond motifs is 1. The van der Waals surface area contributed by atoms with Gasteiger partial charge < -0.3 is 9.72 Å². The van der Waals surface area contributed by atoms with Crippen molar-refractivity contribution in [3.8, 4) is 28.7 Å². The summed E-state index contributed by atoms with van der Waals surface area (Å²) in [5.41, 5.74) is -1.86. The van der Waals surface area contributed by atoms with Crippen molar-refractivity contribution in [3.05, 3.63) is 65.5 Å². The molecular formula is C21H13ClF3N7O3S. The van der Waals surface area contributed by atoms with Gasteiger partial charge in [0, 0.05) is 36.4 Å². The number of sulfonamides is 1. The SMILES string of the molecule is COc1ncc(Cl)cc1S(=O)(=O)Nc1cc(F)cc(-c2ncc3c(-c4ncc[nH]4)n[nH]c3c2F)c1F. The number of imidazole rings is 1. The van der Waals surface area contributed by atoms with E-state index in [4.69, 9.17) is 16.3 Å². The zero-order valence-corrected chi connectivity index (χ0v) is 19.5. The zero-order valence-electron chi connectivity index (χ0n) is 18.0. The lowest BCUT2D eigenvalue weighted by atomic mass is 10.1. The molecule has 5 aromatic rings. The summed E-state index contributed by atoms with van der Waals surface area (Å²) in [5.74, 6) is -3.34. The highest BCUT2D eigenvalue weighted by atomic mass is 35.5. The van der Waals surface area contributed by atoms with Crippen molar-refractivity contribution < 1.29 is 26.3 Å². The van der Waals surface area contributed by atoms with Crippen molar-refractivity contribution in [1.29, 1.82) is 0 Å². The van der Waals surface area contributed by atoms with Gasteiger partial charge in [0.15, 0.2) is 22.4 Å². The molecule has 0 saturated carbocycles. The van der Waals surface area contributed by atoms with Gasteiger partial charge in [0.25, 0.3) is 10.0 Å². The van der Waals surface area contributed by atoms with Gasteiger partial charge in [0.1, 0.15) is 22.7 Å². The Morgan fingerprint density at radius 2 is 1.83 bits per heavy atom. The monoisotopic (exact) mass is 535 g/mol. The van der Waals surface area contributed by atoms with E-state index in [0.29, 0.717) is 18.0 Å². The van der Waals surface area contributed by atoms with Crippen LogP contribution in [-0.2, 0) is 10.0 Å². The molecule has 0 saturated heterocycles. The number of H-pyrrole nitrogens is 2. The Morgan fingerprint density at radius 1 is 1.03 bits per heavy atom. The van der Waals surface area contributed by atoms with E-state index in [-0.39, 0.29) is 27.5 Å². The first-order valence-corrected chi connectivity index (χ1v) is 11.8. The van der Waals surface area contributed by atoms with Crippen molar-refractivity contribution in [2.45, 2.75) is 4.90 Å². The Bertz CT molecular complexity index is 1730. The topological polar surface area (TPSA) is 139 Å². The molecule has 0 atom stereocenters. The van der Waals surface area contributed by atoms with Crippen LogP contribution in [0.15, 0.2) is 47.9 Å². The number of aromatic nitrogens is 6. The minimum absolute atomic E-state index is 0.0374. The first-order chi connectivity index (χ1) is 17.2. The molecule has 0 spiro atoms. The quantitative estimate of drug-likeness (QED) is 0.295. The van der Waals surface area contributed by atoms with Crippen molar-refractivity contribution in [2.24, 2.45) is 0 Å². The third kappa shape index (κ3) is 3.99. The highest BCUT2D eigenvalue weighted by Gasteiger charge is 2.26. The highest BCUT2D eigenvalue weighted by Crippen LogP contribution is 2.35. The Balaban J connectivity index is 1.60. The summed E-state index contributed by atoms with van der Waals surface area (Å²) in [5, 5.41) is 6.71. The van der Waals surface area contributed by atoms with Crippen LogP contribution in [0.3, 0.4) is 0 Å². The second kappa shape index (κ2) is 8.80. The van der Waals surface area contributed by atoms with Crippen LogP contribution in [0.4, 0.5) is 18.9 Å². The van der Waals surface area contributed by atoms with E-state index in [9.17, 15) is 12.8 Å². The summed E-state index contributed by atoms with van der Waals surface area (Å²) < 4.78 is 78.0. The number of pyridine rings is 2. The fourth-order valence-corrected chi connectivity index (χ4v) is 4.92. The van der Waals surface area contributed by atoms with Crippen molar-refractivity contribution in [1.82, 2.24) is 30.1 Å². The van der Waals surface area contributed by atoms with Crippen molar-refractivity contribution in [3.63, 3.8) is 0 Å². The molecule has 5 rings (SSSR count). The molecule has 0 bridgehead atoms. The minimum Gasteiger partial charge on any atom is -0.480 e. The van der Waals surface area contributed by atoms with E-state index in [1.807, 2.05) is 4.72 Å². The number of nitrogens with zero attached hydrogens (tertiary/aromatic N) is 4. The Morgan fingerprint density at radius 3 is 2.56 bits per heavy atom. The van der Waals surface area contributed by atoms with Crippen LogP contribution in [0.1, 0.15) is 0 Å². The van der Waals surface area contributed by atoms with Gasteiger partial charge in [0.05, 0.1) is 23.2 Å². The van der Waals surface area contributed by atoms with E-state index in [2.05, 4.69) is 30.1 Å². The number of nitrogens with one attached hydrogen (secondary N) is 3. The molecule has 0 fully saturated rings. The Labute approximate surface area is 205 Å². The van der Waals surface area contributed by atoms with Crippen LogP contribution in [0.2, 0.25) is 5.02 Å². The second-order valence-corrected chi connectivity index (χ2v) is 9.39. The average molecular weight is 536 g/mol. The number of hydrogen-bond donors (Lipinski definition) is 3. The molecule has 0 aliphatic rings. The van der Waals surface area contributed by atoms with E-state index < -0.39 is 49.3 Å². The summed E-state index contributed by atoms with van der Waals surface area (Å²) >= 11 is 5.84. The lowest BCUT2D eigenvalue weighted by Crippen LogP contribution is -2.16. The van der Waals surface area contributed by atoms with Crippen LogP contribution in [0.5, 0.6) is 5.88 Å². The summed E-state index contributed by atoms with van der Waals surface area (Å²) in [6, 6.07) is 2.32. The predicted molar refractivity (Wildman–Crippen MR) is 123 cm³/mol. The van der Waals surface area contributed by atoms with Gasteiger partial charge in [0.2, 0.25) is 5.88 Å². The maximum atomic E-state index is 15.4. The summed E-state index contributed by atoms with van der Waals surface area (Å²) in [7, 11) is -3.38. The molecule has 0 radical (unpaired) electrons. The lowest BCUT2D eigenvalue weighted by molar-refractivity contribution is 0.385. The highest BCUT2D eigenvalue weighted by molar-refractivity contribution is 7.92. The average Bonchev–Trinajstić information content (AvgIpc) is 3.52. The first kappa shape index (κ1) is 23.6. The number of aromatic amines is 2. The van der Waals surface area contributed by atoms with Crippen molar-refractivity contribution >= 4 is 38.2 Å². The van der Waals surface area contributed by atoms with Gasteiger partial charge >= 0.3 is 0 Å². The van der Waals surface area contributed by atoms with E-state index in [1.54, 1.807) is 6.20 Å². The maximum Gasteiger partial charge on any atom is 0.267 e. The molecule has 0 unspecified atom stereocenters. The molecule has 0 amide bonds. The number of anilines is 1. The zero-order chi connectivity index (χ0) is 25.6. The van der Waals surface area contributed by atoms with Gasteiger partial charge in [-0.25, -0.2) is 31.6 Å². The summed E-state index contributed by atoms with van der Waals surface area (Å²) in [6.07, 6.45) is 5.39. The molecule has 1 aromatic carbocycles. The molecular weight excluding hydrogens is 523 g/mol. The third-order valence-electron chi connectivity index (χ3n) is 5.08. The van der Waals surface area contributed by atoms with Gasteiger partial charge in [-0.05, 0) is 12.1 Å². The number of hydrogen-bond acceptors (Lipinski definition) is 7. The fourth-order valence-electron chi connectivity index (χ4n) is 3.50. The van der Waals surface area contributed by atoms with Crippen LogP contribution in [0.25, 0.3) is 33.7 Å². The fraction of sp³-hybridized carbons (Fsp3) is 0.0476. The maximum absolute atomic E-state index is 15.4. The van der Waals surface area contributed by atoms with Gasteiger partial charge in [-0.15, -0.1) is 0 Å². The number of methoxy groups -OCH3 is 1. The molecule has 4 aromatic heterocycles. The molecule has 3 N–H and O–H groups in total. The molecule has 15 heteroatoms. The lowest BCUT2D eigenvalue weighted by Gasteiger charge is -2.14. The van der Waals surface area contributed by atoms with Gasteiger partial charge in [-0.1, -0.05) is 11.6 Å². The van der Waals surface area contributed by atoms with Crippen LogP contribution in [-0.4, -0.2) is 45.7 Å². The molecule has 0 aliphatic heterocycles. The van der Waals surface area contributed by atoms with Gasteiger partial charge in [-0.3, -0.25) is 14.8 Å². The number of ether oxygens (including phenoxy) is 1. The normalized spacial score (nSPS) is 11.7. The molecule has 36 heavy (non-hydrogen) atoms. The standard InChI is InChI=1S/C21H13ClF3N7O3S/c1-35-21-14(4-9(22)7-29-21)36(33,34)32-13-6-10(23)5-11(15(13)24)17-16(25)18-12(8-28-17)19(31-30-18)20-26-2-3-27-20/h2-8,32H,1H3,(H,26,27)(H,30,31). The van der Waals surface area contributed by atoms with Crippen molar-refractivity contribution in [2.75, 3.05) is 11.8 Å². The van der Waals surface area contributed by atoms with Crippen LogP contribution < -0.4 is 9.46 Å². The molecule has 0 aliphatic carbocycles. The molecule has 4 heterocycles. The summed E-state index contributed by atoms with van der Waals surface area (Å²) in [4.78, 5) is 14.1. The summed E-state index contributed by atoms with van der Waals surface area (Å²) in [6.45, 7) is 0. The van der Waals surface area contributed by atoms with E-state index in [0.717, 1.165) is 12.3 Å². The molecule has 10 nitrogen and oxygen atoms in total. The van der Waals surface area contributed by atoms with Crippen LogP contribution >= 0.6 is 11.6 Å². The Kier molecular flexibility index (Phi) is 5.76. The second-order valence-electron chi connectivity index (χ2n) is 7.30. The number of rotatable bonds is 6. The van der Waals surface area contributed by atoms with E-state index >= 15 is 8.78 Å². The first-order valence-electron chi connectivity index (χ1n) is 9.93. The number of halogens is 4. The van der Waals surface area contributed by atoms with E-state index in [1.165, 1.54) is 19.5 Å². The Hall–Kier alpha value is -4.17. The van der Waals surface area contributed by atoms with Gasteiger partial charge in [-0.2, -0.15) is 5.10 Å². The predicted octanol–water partition coefficient (Wildman–Crippen LogP) is 4.29. The largest absolute Gasteiger partial charge is 0.480 e. The smallest absolute Gasteiger partial charge is 0.267 e. The molecule has 184 valence electrons. The third-order valence-corrected chi connectivity index (χ3v) is 6.65. The van der Waals surface area contributed by atoms with Crippen LogP contribution in [0, 0.1) is 17.5 Å². The number of benzene rings is 1.